The lowest BCUT2D eigenvalue weighted by Crippen LogP contribution is -2.03. The van der Waals surface area contributed by atoms with Crippen LogP contribution in [0.15, 0.2) is 72.8 Å². The topological polar surface area (TPSA) is 17.8 Å². The van der Waals surface area contributed by atoms with Gasteiger partial charge in [-0.15, -0.1) is 0 Å². The average Bonchev–Trinajstić information content (AvgIpc) is 2.99. The normalized spacial score (nSPS) is 11.1. The smallest absolute Gasteiger partial charge is 0.141 e. The summed E-state index contributed by atoms with van der Waals surface area (Å²) in [4.78, 5) is 4.89. The first-order valence-corrected chi connectivity index (χ1v) is 8.85. The average molecular weight is 347 g/mol. The highest BCUT2D eigenvalue weighted by atomic mass is 35.5. The van der Waals surface area contributed by atoms with Crippen molar-refractivity contribution < 1.29 is 0 Å². The Kier molecular flexibility index (Phi) is 4.29. The summed E-state index contributed by atoms with van der Waals surface area (Å²) >= 11 is 6.05. The van der Waals surface area contributed by atoms with Gasteiger partial charge in [0.05, 0.1) is 11.0 Å². The molecule has 0 N–H and O–H groups in total. The third-order valence-electron chi connectivity index (χ3n) is 4.47. The van der Waals surface area contributed by atoms with Crippen molar-refractivity contribution in [1.82, 2.24) is 9.55 Å². The van der Waals surface area contributed by atoms with Crippen molar-refractivity contribution in [1.29, 1.82) is 0 Å². The SMILES string of the molecule is Cc1ccc2nc(-c3ccc(Cl)cc3)n(CCc3ccccc3)c2c1. The molecule has 0 aliphatic carbocycles. The maximum Gasteiger partial charge on any atom is 0.141 e. The number of hydrogen-bond acceptors (Lipinski definition) is 1. The first-order chi connectivity index (χ1) is 12.2. The molecule has 0 unspecified atom stereocenters. The number of aryl methyl sites for hydroxylation is 3. The largest absolute Gasteiger partial charge is 0.324 e. The number of imidazole rings is 1. The van der Waals surface area contributed by atoms with Crippen molar-refractivity contribution in [2.24, 2.45) is 0 Å². The second-order valence-corrected chi connectivity index (χ2v) is 6.76. The second kappa shape index (κ2) is 6.73. The van der Waals surface area contributed by atoms with Crippen LogP contribution in [0.1, 0.15) is 11.1 Å². The summed E-state index contributed by atoms with van der Waals surface area (Å²) in [6.45, 7) is 3.01. The van der Waals surface area contributed by atoms with Crippen molar-refractivity contribution in [3.05, 3.63) is 88.9 Å². The molecule has 25 heavy (non-hydrogen) atoms. The van der Waals surface area contributed by atoms with Gasteiger partial charge in [0.25, 0.3) is 0 Å². The van der Waals surface area contributed by atoms with Gasteiger partial charge in [-0.3, -0.25) is 0 Å². The Morgan fingerprint density at radius 1 is 0.920 bits per heavy atom. The maximum absolute atomic E-state index is 6.05. The number of halogens is 1. The van der Waals surface area contributed by atoms with Gasteiger partial charge in [0.15, 0.2) is 0 Å². The number of rotatable bonds is 4. The number of aromatic nitrogens is 2. The van der Waals surface area contributed by atoms with Crippen molar-refractivity contribution in [2.75, 3.05) is 0 Å². The van der Waals surface area contributed by atoms with Crippen LogP contribution in [-0.2, 0) is 13.0 Å². The van der Waals surface area contributed by atoms with E-state index in [-0.39, 0.29) is 0 Å². The van der Waals surface area contributed by atoms with E-state index < -0.39 is 0 Å². The summed E-state index contributed by atoms with van der Waals surface area (Å²) < 4.78 is 2.32. The Morgan fingerprint density at radius 2 is 1.68 bits per heavy atom. The summed E-state index contributed by atoms with van der Waals surface area (Å²) in [6.07, 6.45) is 0.973. The molecule has 3 heteroatoms. The maximum atomic E-state index is 6.05. The van der Waals surface area contributed by atoms with E-state index in [1.165, 1.54) is 16.6 Å². The molecule has 0 amide bonds. The molecule has 0 aliphatic rings. The molecule has 0 saturated carbocycles. The zero-order valence-electron chi connectivity index (χ0n) is 14.1. The Bertz CT molecular complexity index is 1000. The van der Waals surface area contributed by atoms with Crippen molar-refractivity contribution in [3.8, 4) is 11.4 Å². The fourth-order valence-corrected chi connectivity index (χ4v) is 3.29. The van der Waals surface area contributed by atoms with E-state index in [0.29, 0.717) is 0 Å². The molecule has 0 aliphatic heterocycles. The number of benzene rings is 3. The molecule has 0 fully saturated rings. The fraction of sp³-hybridized carbons (Fsp3) is 0.136. The Morgan fingerprint density at radius 3 is 2.44 bits per heavy atom. The summed E-state index contributed by atoms with van der Waals surface area (Å²) in [5, 5.41) is 0.742. The Labute approximate surface area is 152 Å². The third-order valence-corrected chi connectivity index (χ3v) is 4.73. The first kappa shape index (κ1) is 15.9. The molecule has 0 spiro atoms. The van der Waals surface area contributed by atoms with Gasteiger partial charge in [-0.2, -0.15) is 0 Å². The monoisotopic (exact) mass is 346 g/mol. The highest BCUT2D eigenvalue weighted by Gasteiger charge is 2.13. The standard InChI is InChI=1S/C22H19ClN2/c1-16-7-12-20-21(15-16)25(14-13-17-5-3-2-4-6-17)22(24-20)18-8-10-19(23)11-9-18/h2-12,15H,13-14H2,1H3. The lowest BCUT2D eigenvalue weighted by atomic mass is 10.1. The number of nitrogens with zero attached hydrogens (tertiary/aromatic N) is 2. The van der Waals surface area contributed by atoms with Gasteiger partial charge in [0.1, 0.15) is 5.82 Å². The van der Waals surface area contributed by atoms with Crippen molar-refractivity contribution >= 4 is 22.6 Å². The van der Waals surface area contributed by atoms with Gasteiger partial charge in [-0.1, -0.05) is 48.0 Å². The molecule has 0 atom stereocenters. The molecular formula is C22H19ClN2. The molecule has 0 saturated heterocycles. The number of fused-ring (bicyclic) bond motifs is 1. The molecule has 4 aromatic rings. The minimum atomic E-state index is 0.742. The van der Waals surface area contributed by atoms with E-state index in [0.717, 1.165) is 34.9 Å². The highest BCUT2D eigenvalue weighted by Crippen LogP contribution is 2.27. The van der Waals surface area contributed by atoms with Gasteiger partial charge >= 0.3 is 0 Å². The lowest BCUT2D eigenvalue weighted by Gasteiger charge is -2.10. The van der Waals surface area contributed by atoms with Crippen LogP contribution in [0.2, 0.25) is 5.02 Å². The highest BCUT2D eigenvalue weighted by molar-refractivity contribution is 6.30. The van der Waals surface area contributed by atoms with Gasteiger partial charge in [-0.05, 0) is 60.9 Å². The molecule has 3 aromatic carbocycles. The molecule has 1 heterocycles. The van der Waals surface area contributed by atoms with Crippen LogP contribution in [0.25, 0.3) is 22.4 Å². The van der Waals surface area contributed by atoms with Crippen LogP contribution in [-0.4, -0.2) is 9.55 Å². The summed E-state index contributed by atoms with van der Waals surface area (Å²) in [7, 11) is 0. The number of hydrogen-bond donors (Lipinski definition) is 0. The fourth-order valence-electron chi connectivity index (χ4n) is 3.16. The minimum Gasteiger partial charge on any atom is -0.324 e. The van der Waals surface area contributed by atoms with Crippen LogP contribution in [0.4, 0.5) is 0 Å². The van der Waals surface area contributed by atoms with Crippen LogP contribution < -0.4 is 0 Å². The first-order valence-electron chi connectivity index (χ1n) is 8.47. The molecule has 2 nitrogen and oxygen atoms in total. The Balaban J connectivity index is 1.79. The predicted molar refractivity (Wildman–Crippen MR) is 105 cm³/mol. The van der Waals surface area contributed by atoms with E-state index in [4.69, 9.17) is 16.6 Å². The van der Waals surface area contributed by atoms with E-state index >= 15 is 0 Å². The van der Waals surface area contributed by atoms with Crippen LogP contribution in [0.5, 0.6) is 0 Å². The van der Waals surface area contributed by atoms with Crippen LogP contribution in [0.3, 0.4) is 0 Å². The van der Waals surface area contributed by atoms with Crippen LogP contribution in [0, 0.1) is 6.92 Å². The lowest BCUT2D eigenvalue weighted by molar-refractivity contribution is 0.723. The van der Waals surface area contributed by atoms with Gasteiger partial charge in [0, 0.05) is 17.1 Å². The van der Waals surface area contributed by atoms with Crippen molar-refractivity contribution in [2.45, 2.75) is 19.9 Å². The quantitative estimate of drug-likeness (QED) is 0.449. The summed E-state index contributed by atoms with van der Waals surface area (Å²) in [5.41, 5.74) is 5.88. The zero-order chi connectivity index (χ0) is 17.2. The van der Waals surface area contributed by atoms with Gasteiger partial charge in [-0.25, -0.2) is 4.98 Å². The summed E-state index contributed by atoms with van der Waals surface area (Å²) in [5.74, 6) is 0.994. The molecule has 124 valence electrons. The third kappa shape index (κ3) is 3.31. The molecule has 4 rings (SSSR count). The molecule has 0 radical (unpaired) electrons. The summed E-state index contributed by atoms with van der Waals surface area (Å²) in [6, 6.07) is 24.9. The molecular weight excluding hydrogens is 328 g/mol. The van der Waals surface area contributed by atoms with Gasteiger partial charge in [0.2, 0.25) is 0 Å². The Hall–Kier alpha value is -2.58. The predicted octanol–water partition coefficient (Wildman–Crippen LogP) is 5.91. The van der Waals surface area contributed by atoms with E-state index in [2.05, 4.69) is 60.0 Å². The molecule has 0 bridgehead atoms. The molecule has 1 aromatic heterocycles. The van der Waals surface area contributed by atoms with Gasteiger partial charge < -0.3 is 4.57 Å². The minimum absolute atomic E-state index is 0.742. The van der Waals surface area contributed by atoms with E-state index in [1.807, 2.05) is 24.3 Å². The van der Waals surface area contributed by atoms with Crippen molar-refractivity contribution in [3.63, 3.8) is 0 Å². The van der Waals surface area contributed by atoms with E-state index in [9.17, 15) is 0 Å². The van der Waals surface area contributed by atoms with E-state index in [1.54, 1.807) is 0 Å². The van der Waals surface area contributed by atoms with Crippen LogP contribution >= 0.6 is 11.6 Å². The second-order valence-electron chi connectivity index (χ2n) is 6.32. The zero-order valence-corrected chi connectivity index (χ0v) is 14.9.